The fourth-order valence-corrected chi connectivity index (χ4v) is 5.12. The number of fused-ring (bicyclic) bond motifs is 1. The Bertz CT molecular complexity index is 695. The molecule has 1 heterocycles. The van der Waals surface area contributed by atoms with Crippen LogP contribution in [-0.4, -0.2) is 43.9 Å². The Morgan fingerprint density at radius 3 is 2.54 bits per heavy atom. The Balaban J connectivity index is 2.56. The highest BCUT2D eigenvalue weighted by molar-refractivity contribution is 7.53. The van der Waals surface area contributed by atoms with Crippen LogP contribution in [0.25, 0.3) is 0 Å². The maximum atomic E-state index is 12.7. The minimum atomic E-state index is -3.21. The highest BCUT2D eigenvalue weighted by Gasteiger charge is 2.41. The number of hydrogen-bond donors (Lipinski definition) is 1. The first-order chi connectivity index (χ1) is 12.2. The van der Waals surface area contributed by atoms with Crippen LogP contribution in [0.1, 0.15) is 61.9 Å². The Labute approximate surface area is 156 Å². The predicted octanol–water partition coefficient (Wildman–Crippen LogP) is 4.56. The minimum Gasteiger partial charge on any atom is -0.507 e. The number of aldehydes is 1. The van der Waals surface area contributed by atoms with Crippen molar-refractivity contribution >= 4 is 19.6 Å². The number of nitrogens with zero attached hydrogens (tertiary/aromatic N) is 1. The third-order valence-electron chi connectivity index (χ3n) is 5.25. The van der Waals surface area contributed by atoms with E-state index < -0.39 is 7.60 Å². The van der Waals surface area contributed by atoms with E-state index in [4.69, 9.17) is 9.05 Å². The van der Waals surface area contributed by atoms with E-state index in [9.17, 15) is 14.5 Å². The zero-order chi connectivity index (χ0) is 19.5. The van der Waals surface area contributed by atoms with Crippen LogP contribution in [0.3, 0.4) is 0 Å². The summed E-state index contributed by atoms with van der Waals surface area (Å²) in [5, 5.41) is 10.2. The molecular weight excluding hydrogens is 353 g/mol. The third kappa shape index (κ3) is 4.13. The first kappa shape index (κ1) is 20.9. The summed E-state index contributed by atoms with van der Waals surface area (Å²) in [6.07, 6.45) is 3.73. The lowest BCUT2D eigenvalue weighted by molar-refractivity contribution is 0.112. The molecule has 0 radical (unpaired) electrons. The van der Waals surface area contributed by atoms with E-state index in [1.54, 1.807) is 12.1 Å². The van der Waals surface area contributed by atoms with Crippen LogP contribution in [0, 0.1) is 0 Å². The van der Waals surface area contributed by atoms with Crippen LogP contribution in [0.15, 0.2) is 12.1 Å². The Morgan fingerprint density at radius 1 is 1.35 bits per heavy atom. The maximum absolute atomic E-state index is 12.7. The van der Waals surface area contributed by atoms with Gasteiger partial charge in [-0.2, -0.15) is 0 Å². The third-order valence-corrected chi connectivity index (χ3v) is 7.25. The molecule has 0 aliphatic carbocycles. The fraction of sp³-hybridized carbons (Fsp3) is 0.632. The molecule has 0 amide bonds. The van der Waals surface area contributed by atoms with Crippen LogP contribution < -0.4 is 4.90 Å². The molecule has 0 bridgehead atoms. The second-order valence-electron chi connectivity index (χ2n) is 7.46. The number of rotatable bonds is 8. The second-order valence-corrected chi connectivity index (χ2v) is 9.78. The molecule has 0 saturated carbocycles. The smallest absolute Gasteiger partial charge is 0.330 e. The van der Waals surface area contributed by atoms with Crippen LogP contribution in [0.4, 0.5) is 5.69 Å². The number of phenolic OH excluding ortho intramolecular Hbond substituents is 1. The number of carbonyl (C=O) groups excluding carboxylic acids is 1. The van der Waals surface area contributed by atoms with Crippen molar-refractivity contribution in [2.75, 3.05) is 31.8 Å². The SMILES string of the molecule is CCCCN1c2cc(O)c(C=O)cc2C(CP(=O)(OC)OC)CC1(C)C. The molecule has 26 heavy (non-hydrogen) atoms. The van der Waals surface area contributed by atoms with Gasteiger partial charge in [0.1, 0.15) is 5.75 Å². The van der Waals surface area contributed by atoms with E-state index in [1.807, 2.05) is 0 Å². The largest absolute Gasteiger partial charge is 0.507 e. The average Bonchev–Trinajstić information content (AvgIpc) is 2.60. The number of anilines is 1. The lowest BCUT2D eigenvalue weighted by Crippen LogP contribution is -2.49. The molecule has 0 aromatic heterocycles. The monoisotopic (exact) mass is 383 g/mol. The molecule has 1 unspecified atom stereocenters. The normalized spacial score (nSPS) is 19.3. The van der Waals surface area contributed by atoms with Crippen LogP contribution in [0.5, 0.6) is 5.75 Å². The van der Waals surface area contributed by atoms with Gasteiger partial charge in [0.25, 0.3) is 0 Å². The Morgan fingerprint density at radius 2 is 2.00 bits per heavy atom. The van der Waals surface area contributed by atoms with Crippen molar-refractivity contribution in [2.45, 2.75) is 51.5 Å². The number of hydrogen-bond acceptors (Lipinski definition) is 6. The number of aromatic hydroxyl groups is 1. The first-order valence-electron chi connectivity index (χ1n) is 9.01. The van der Waals surface area contributed by atoms with Gasteiger partial charge in [0, 0.05) is 38.1 Å². The molecule has 1 aliphatic rings. The Hall–Kier alpha value is -1.36. The van der Waals surface area contributed by atoms with Gasteiger partial charge in [0.2, 0.25) is 0 Å². The summed E-state index contributed by atoms with van der Waals surface area (Å²) in [6, 6.07) is 3.37. The van der Waals surface area contributed by atoms with Gasteiger partial charge in [-0.1, -0.05) is 13.3 Å². The van der Waals surface area contributed by atoms with Crippen molar-refractivity contribution in [1.82, 2.24) is 0 Å². The molecule has 6 nitrogen and oxygen atoms in total. The van der Waals surface area contributed by atoms with E-state index in [0.717, 1.165) is 37.1 Å². The molecule has 1 aromatic carbocycles. The van der Waals surface area contributed by atoms with Crippen LogP contribution >= 0.6 is 7.60 Å². The van der Waals surface area contributed by atoms with Crippen molar-refractivity contribution in [3.05, 3.63) is 23.3 Å². The molecule has 1 aromatic rings. The van der Waals surface area contributed by atoms with Gasteiger partial charge < -0.3 is 19.1 Å². The fourth-order valence-electron chi connectivity index (χ4n) is 3.81. The van der Waals surface area contributed by atoms with Crippen molar-refractivity contribution in [1.29, 1.82) is 0 Å². The van der Waals surface area contributed by atoms with Gasteiger partial charge in [0.15, 0.2) is 6.29 Å². The summed E-state index contributed by atoms with van der Waals surface area (Å²) in [6.45, 7) is 7.29. The molecule has 0 fully saturated rings. The van der Waals surface area contributed by atoms with E-state index in [1.165, 1.54) is 14.2 Å². The molecule has 7 heteroatoms. The van der Waals surface area contributed by atoms with Gasteiger partial charge >= 0.3 is 7.60 Å². The van der Waals surface area contributed by atoms with Crippen molar-refractivity contribution in [2.24, 2.45) is 0 Å². The zero-order valence-corrected chi connectivity index (χ0v) is 17.2. The van der Waals surface area contributed by atoms with Crippen molar-refractivity contribution in [3.8, 4) is 5.75 Å². The van der Waals surface area contributed by atoms with Crippen LogP contribution in [0.2, 0.25) is 0 Å². The summed E-state index contributed by atoms with van der Waals surface area (Å²) in [7, 11) is -0.429. The molecule has 0 saturated heterocycles. The van der Waals surface area contributed by atoms with E-state index in [-0.39, 0.29) is 28.9 Å². The van der Waals surface area contributed by atoms with Gasteiger partial charge in [-0.15, -0.1) is 0 Å². The summed E-state index contributed by atoms with van der Waals surface area (Å²) in [5.41, 5.74) is 1.86. The van der Waals surface area contributed by atoms with Crippen molar-refractivity contribution in [3.63, 3.8) is 0 Å². The lowest BCUT2D eigenvalue weighted by atomic mass is 9.79. The molecule has 2 rings (SSSR count). The molecular formula is C19H30NO5P. The van der Waals surface area contributed by atoms with Gasteiger partial charge in [-0.05, 0) is 44.2 Å². The quantitative estimate of drug-likeness (QED) is 0.524. The average molecular weight is 383 g/mol. The number of benzene rings is 1. The predicted molar refractivity (Wildman–Crippen MR) is 104 cm³/mol. The topological polar surface area (TPSA) is 76.1 Å². The molecule has 1 atom stereocenters. The van der Waals surface area contributed by atoms with Gasteiger partial charge in [-0.25, -0.2) is 0 Å². The number of carbonyl (C=O) groups is 1. The lowest BCUT2D eigenvalue weighted by Gasteiger charge is -2.48. The van der Waals surface area contributed by atoms with E-state index in [2.05, 4.69) is 25.7 Å². The van der Waals surface area contributed by atoms with Crippen LogP contribution in [-0.2, 0) is 13.6 Å². The maximum Gasteiger partial charge on any atom is 0.330 e. The van der Waals surface area contributed by atoms with E-state index in [0.29, 0.717) is 6.29 Å². The minimum absolute atomic E-state index is 0.0293. The summed E-state index contributed by atoms with van der Waals surface area (Å²) in [4.78, 5) is 13.6. The summed E-state index contributed by atoms with van der Waals surface area (Å²) < 4.78 is 23.0. The first-order valence-corrected chi connectivity index (χ1v) is 10.7. The summed E-state index contributed by atoms with van der Waals surface area (Å²) in [5.74, 6) is -0.124. The molecule has 146 valence electrons. The van der Waals surface area contributed by atoms with Gasteiger partial charge in [-0.3, -0.25) is 9.36 Å². The number of unbranched alkanes of at least 4 members (excludes halogenated alkanes) is 1. The van der Waals surface area contributed by atoms with Gasteiger partial charge in [0.05, 0.1) is 11.7 Å². The zero-order valence-electron chi connectivity index (χ0n) is 16.3. The molecule has 0 spiro atoms. The highest BCUT2D eigenvalue weighted by atomic mass is 31.2. The molecule has 1 N–H and O–H groups in total. The van der Waals surface area contributed by atoms with Crippen molar-refractivity contribution < 1.29 is 23.5 Å². The standard InChI is InChI=1S/C19H30NO5P/c1-6-7-8-20-17-10-18(22)14(12-21)9-16(17)15(11-19(20,2)3)13-26(23,24-4)25-5/h9-10,12,15,22H,6-8,11,13H2,1-5H3. The molecule has 1 aliphatic heterocycles. The van der Waals surface area contributed by atoms with E-state index >= 15 is 0 Å². The summed E-state index contributed by atoms with van der Waals surface area (Å²) >= 11 is 0. The second kappa shape index (κ2) is 8.12. The Kier molecular flexibility index (Phi) is 6.54. The number of phenols is 1. The highest BCUT2D eigenvalue weighted by Crippen LogP contribution is 2.55.